The third kappa shape index (κ3) is 2.34. The average Bonchev–Trinajstić information content (AvgIpc) is 2.15. The van der Waals surface area contributed by atoms with Crippen LogP contribution < -0.4 is 5.32 Å². The first-order chi connectivity index (χ1) is 5.88. The molecule has 0 unspecified atom stereocenters. The van der Waals surface area contributed by atoms with Crippen molar-refractivity contribution in [2.24, 2.45) is 5.16 Å². The van der Waals surface area contributed by atoms with Crippen LogP contribution in [0.1, 0.15) is 19.8 Å². The predicted octanol–water partition coefficient (Wildman–Crippen LogP) is 1.32. The molecule has 3 nitrogen and oxygen atoms in total. The van der Waals surface area contributed by atoms with Gasteiger partial charge in [0, 0.05) is 6.54 Å². The van der Waals surface area contributed by atoms with E-state index in [1.165, 1.54) is 5.57 Å². The molecule has 1 rings (SSSR count). The van der Waals surface area contributed by atoms with E-state index in [1.54, 1.807) is 7.11 Å². The SMILES string of the molecule is CCC(=NOC)C1=CCCNC1. The van der Waals surface area contributed by atoms with Crippen molar-refractivity contribution < 1.29 is 4.84 Å². The summed E-state index contributed by atoms with van der Waals surface area (Å²) in [6, 6.07) is 0. The Morgan fingerprint density at radius 1 is 1.75 bits per heavy atom. The third-order valence-corrected chi connectivity index (χ3v) is 1.93. The highest BCUT2D eigenvalue weighted by atomic mass is 16.6. The largest absolute Gasteiger partial charge is 0.399 e. The standard InChI is InChI=1S/C9H16N2O/c1-3-9(11-12-2)8-5-4-6-10-7-8/h5,10H,3-4,6-7H2,1-2H3. The van der Waals surface area contributed by atoms with Crippen molar-refractivity contribution in [2.75, 3.05) is 20.2 Å². The van der Waals surface area contributed by atoms with E-state index in [0.717, 1.165) is 31.6 Å². The van der Waals surface area contributed by atoms with E-state index in [4.69, 9.17) is 4.84 Å². The molecule has 0 aromatic rings. The van der Waals surface area contributed by atoms with Gasteiger partial charge in [-0.05, 0) is 25.0 Å². The van der Waals surface area contributed by atoms with E-state index in [1.807, 2.05) is 0 Å². The van der Waals surface area contributed by atoms with Crippen molar-refractivity contribution in [1.29, 1.82) is 0 Å². The quantitative estimate of drug-likeness (QED) is 0.509. The van der Waals surface area contributed by atoms with Gasteiger partial charge < -0.3 is 10.2 Å². The van der Waals surface area contributed by atoms with Gasteiger partial charge in [0.15, 0.2) is 0 Å². The Labute approximate surface area is 73.5 Å². The molecular formula is C9H16N2O. The highest BCUT2D eigenvalue weighted by Crippen LogP contribution is 2.06. The van der Waals surface area contributed by atoms with Crippen molar-refractivity contribution in [1.82, 2.24) is 5.32 Å². The molecule has 0 aliphatic carbocycles. The van der Waals surface area contributed by atoms with Gasteiger partial charge in [-0.1, -0.05) is 18.2 Å². The maximum atomic E-state index is 4.77. The van der Waals surface area contributed by atoms with Gasteiger partial charge in [-0.25, -0.2) is 0 Å². The fraction of sp³-hybridized carbons (Fsp3) is 0.667. The second-order valence-electron chi connectivity index (χ2n) is 2.77. The first-order valence-electron chi connectivity index (χ1n) is 4.38. The van der Waals surface area contributed by atoms with E-state index < -0.39 is 0 Å². The second kappa shape index (κ2) is 4.93. The van der Waals surface area contributed by atoms with Crippen LogP contribution in [0.5, 0.6) is 0 Å². The molecule has 0 spiro atoms. The number of hydrogen-bond acceptors (Lipinski definition) is 3. The summed E-state index contributed by atoms with van der Waals surface area (Å²) < 4.78 is 0. The summed E-state index contributed by atoms with van der Waals surface area (Å²) >= 11 is 0. The minimum absolute atomic E-state index is 0.927. The molecule has 68 valence electrons. The van der Waals surface area contributed by atoms with Crippen LogP contribution in [0.15, 0.2) is 16.8 Å². The zero-order chi connectivity index (χ0) is 8.81. The van der Waals surface area contributed by atoms with Crippen LogP contribution in [0.4, 0.5) is 0 Å². The third-order valence-electron chi connectivity index (χ3n) is 1.93. The van der Waals surface area contributed by atoms with E-state index in [-0.39, 0.29) is 0 Å². The molecule has 0 aromatic carbocycles. The highest BCUT2D eigenvalue weighted by Gasteiger charge is 2.08. The molecule has 0 saturated heterocycles. The molecule has 0 amide bonds. The molecule has 1 aliphatic heterocycles. The predicted molar refractivity (Wildman–Crippen MR) is 50.3 cm³/mol. The van der Waals surface area contributed by atoms with Gasteiger partial charge in [0.05, 0.1) is 5.71 Å². The summed E-state index contributed by atoms with van der Waals surface area (Å²) in [5.74, 6) is 0. The van der Waals surface area contributed by atoms with E-state index in [2.05, 4.69) is 23.5 Å². The van der Waals surface area contributed by atoms with Gasteiger partial charge in [0.1, 0.15) is 7.11 Å². The van der Waals surface area contributed by atoms with Crippen molar-refractivity contribution >= 4 is 5.71 Å². The lowest BCUT2D eigenvalue weighted by atomic mass is 10.0. The number of rotatable bonds is 3. The van der Waals surface area contributed by atoms with Crippen LogP contribution in [-0.2, 0) is 4.84 Å². The fourth-order valence-electron chi connectivity index (χ4n) is 1.32. The van der Waals surface area contributed by atoms with Crippen molar-refractivity contribution in [2.45, 2.75) is 19.8 Å². The maximum absolute atomic E-state index is 4.77. The van der Waals surface area contributed by atoms with Crippen LogP contribution in [-0.4, -0.2) is 25.9 Å². The summed E-state index contributed by atoms with van der Waals surface area (Å²) in [5, 5.41) is 7.28. The molecule has 1 N–H and O–H groups in total. The maximum Gasteiger partial charge on any atom is 0.106 e. The highest BCUT2D eigenvalue weighted by molar-refractivity contribution is 6.00. The fourth-order valence-corrected chi connectivity index (χ4v) is 1.32. The normalized spacial score (nSPS) is 18.8. The summed E-state index contributed by atoms with van der Waals surface area (Å²) in [7, 11) is 1.59. The van der Waals surface area contributed by atoms with E-state index in [0.29, 0.717) is 0 Å². The summed E-state index contributed by atoms with van der Waals surface area (Å²) in [6.07, 6.45) is 4.26. The molecule has 0 atom stereocenters. The topological polar surface area (TPSA) is 33.6 Å². The molecule has 12 heavy (non-hydrogen) atoms. The van der Waals surface area contributed by atoms with Crippen LogP contribution in [0.25, 0.3) is 0 Å². The minimum atomic E-state index is 0.927. The van der Waals surface area contributed by atoms with Crippen molar-refractivity contribution in [3.05, 3.63) is 11.6 Å². The number of nitrogens with one attached hydrogen (secondary N) is 1. The van der Waals surface area contributed by atoms with Crippen molar-refractivity contribution in [3.8, 4) is 0 Å². The Balaban J connectivity index is 2.64. The van der Waals surface area contributed by atoms with Gasteiger partial charge >= 0.3 is 0 Å². The summed E-state index contributed by atoms with van der Waals surface area (Å²) in [4.78, 5) is 4.77. The van der Waals surface area contributed by atoms with Gasteiger partial charge in [0.2, 0.25) is 0 Å². The van der Waals surface area contributed by atoms with Gasteiger partial charge in [-0.2, -0.15) is 0 Å². The van der Waals surface area contributed by atoms with Gasteiger partial charge in [-0.15, -0.1) is 0 Å². The molecule has 0 radical (unpaired) electrons. The lowest BCUT2D eigenvalue weighted by Crippen LogP contribution is -2.25. The Morgan fingerprint density at radius 3 is 3.08 bits per heavy atom. The lowest BCUT2D eigenvalue weighted by molar-refractivity contribution is 0.212. The second-order valence-corrected chi connectivity index (χ2v) is 2.77. The van der Waals surface area contributed by atoms with E-state index in [9.17, 15) is 0 Å². The van der Waals surface area contributed by atoms with Crippen LogP contribution >= 0.6 is 0 Å². The van der Waals surface area contributed by atoms with Crippen LogP contribution in [0, 0.1) is 0 Å². The molecule has 1 aliphatic rings. The minimum Gasteiger partial charge on any atom is -0.399 e. The Hall–Kier alpha value is -0.830. The first-order valence-corrected chi connectivity index (χ1v) is 4.38. The summed E-state index contributed by atoms with van der Waals surface area (Å²) in [5.41, 5.74) is 2.34. The molecular weight excluding hydrogens is 152 g/mol. The number of nitrogens with zero attached hydrogens (tertiary/aromatic N) is 1. The van der Waals surface area contributed by atoms with Crippen LogP contribution in [0.3, 0.4) is 0 Å². The number of oxime groups is 1. The molecule has 0 fully saturated rings. The molecule has 1 heterocycles. The van der Waals surface area contributed by atoms with Crippen molar-refractivity contribution in [3.63, 3.8) is 0 Å². The number of hydrogen-bond donors (Lipinski definition) is 1. The molecule has 0 saturated carbocycles. The smallest absolute Gasteiger partial charge is 0.106 e. The lowest BCUT2D eigenvalue weighted by Gasteiger charge is -2.14. The molecule has 0 aromatic heterocycles. The van der Waals surface area contributed by atoms with E-state index >= 15 is 0 Å². The molecule has 0 bridgehead atoms. The average molecular weight is 168 g/mol. The Bertz CT molecular complexity index is 191. The Kier molecular flexibility index (Phi) is 3.80. The van der Waals surface area contributed by atoms with Crippen LogP contribution in [0.2, 0.25) is 0 Å². The van der Waals surface area contributed by atoms with Gasteiger partial charge in [0.25, 0.3) is 0 Å². The monoisotopic (exact) mass is 168 g/mol. The van der Waals surface area contributed by atoms with Gasteiger partial charge in [-0.3, -0.25) is 0 Å². The zero-order valence-electron chi connectivity index (χ0n) is 7.76. The Morgan fingerprint density at radius 2 is 2.58 bits per heavy atom. The zero-order valence-corrected chi connectivity index (χ0v) is 7.76. The molecule has 3 heteroatoms. The summed E-state index contributed by atoms with van der Waals surface area (Å²) in [6.45, 7) is 4.09. The first kappa shape index (κ1) is 9.26.